The summed E-state index contributed by atoms with van der Waals surface area (Å²) in [4.78, 5) is 3.54. The molecule has 0 fully saturated rings. The summed E-state index contributed by atoms with van der Waals surface area (Å²) in [6.45, 7) is 0.491. The molecule has 1 heterocycles. The summed E-state index contributed by atoms with van der Waals surface area (Å²) >= 11 is 1.10. The molecule has 0 aliphatic carbocycles. The van der Waals surface area contributed by atoms with Crippen molar-refractivity contribution in [2.24, 2.45) is 10.9 Å². The van der Waals surface area contributed by atoms with Crippen LogP contribution in [0.3, 0.4) is 0 Å². The van der Waals surface area contributed by atoms with Crippen molar-refractivity contribution in [2.75, 3.05) is 19.5 Å². The molecule has 0 radical (unpaired) electrons. The van der Waals surface area contributed by atoms with Crippen LogP contribution in [-0.4, -0.2) is 35.5 Å². The van der Waals surface area contributed by atoms with Gasteiger partial charge in [0, 0.05) is 19.5 Å². The average Bonchev–Trinajstić information content (AvgIpc) is 2.41. The molecule has 5 nitrogen and oxygen atoms in total. The smallest absolute Gasteiger partial charge is 0.409 e. The second-order valence-corrected chi connectivity index (χ2v) is 4.81. The molecule has 0 saturated carbocycles. The maximum absolute atomic E-state index is 12.6. The Labute approximate surface area is 118 Å². The normalized spacial score (nSPS) is 12.7. The molecule has 0 spiro atoms. The summed E-state index contributed by atoms with van der Waals surface area (Å²) in [6.07, 6.45) is -3.89. The molecule has 3 N–H and O–H groups in total. The number of hydrogen-bond donors (Lipinski definition) is 2. The minimum absolute atomic E-state index is 0.0752. The lowest BCUT2D eigenvalue weighted by atomic mass is 10.2. The number of methoxy groups -OCH3 is 1. The van der Waals surface area contributed by atoms with Crippen molar-refractivity contribution in [3.05, 3.63) is 23.4 Å². The zero-order valence-corrected chi connectivity index (χ0v) is 11.5. The molecule has 0 saturated heterocycles. The molecule has 0 aromatic carbocycles. The molecule has 1 aromatic heterocycles. The number of alkyl halides is 3. The zero-order valence-electron chi connectivity index (χ0n) is 10.6. The quantitative estimate of drug-likeness (QED) is 0.210. The van der Waals surface area contributed by atoms with Gasteiger partial charge >= 0.3 is 6.18 Å². The van der Waals surface area contributed by atoms with Gasteiger partial charge in [-0.3, -0.25) is 0 Å². The first-order valence-corrected chi connectivity index (χ1v) is 6.56. The standard InChI is InChI=1S/C11H14F3N3O2S/c1-19-5-2-6-20-10-7(9(15)17-18)3-4-8(16-10)11(12,13)14/h3-4,18H,2,5-6H2,1H3,(H2,15,17). The third kappa shape index (κ3) is 4.57. The van der Waals surface area contributed by atoms with Crippen LogP contribution >= 0.6 is 11.8 Å². The monoisotopic (exact) mass is 309 g/mol. The number of ether oxygens (including phenoxy) is 1. The predicted molar refractivity (Wildman–Crippen MR) is 69.0 cm³/mol. The summed E-state index contributed by atoms with van der Waals surface area (Å²) in [5.74, 6) is 0.230. The number of hydrogen-bond acceptors (Lipinski definition) is 5. The van der Waals surface area contributed by atoms with Gasteiger partial charge < -0.3 is 15.7 Å². The van der Waals surface area contributed by atoms with Crippen molar-refractivity contribution in [1.29, 1.82) is 0 Å². The predicted octanol–water partition coefficient (Wildman–Crippen LogP) is 2.32. The summed E-state index contributed by atoms with van der Waals surface area (Å²) in [6, 6.07) is 1.94. The molecular formula is C11H14F3N3O2S. The van der Waals surface area contributed by atoms with Gasteiger partial charge in [-0.2, -0.15) is 13.2 Å². The van der Waals surface area contributed by atoms with Crippen LogP contribution in [0.15, 0.2) is 22.3 Å². The summed E-state index contributed by atoms with van der Waals surface area (Å²) in [5.41, 5.74) is 4.58. The van der Waals surface area contributed by atoms with E-state index in [0.29, 0.717) is 18.8 Å². The molecule has 0 unspecified atom stereocenters. The number of nitrogens with two attached hydrogens (primary N) is 1. The first-order valence-electron chi connectivity index (χ1n) is 5.58. The number of halogens is 3. The van der Waals surface area contributed by atoms with Crippen molar-refractivity contribution < 1.29 is 23.1 Å². The Morgan fingerprint density at radius 1 is 1.50 bits per heavy atom. The van der Waals surface area contributed by atoms with Gasteiger partial charge in [0.15, 0.2) is 5.84 Å². The van der Waals surface area contributed by atoms with E-state index in [0.717, 1.165) is 23.9 Å². The van der Waals surface area contributed by atoms with Crippen LogP contribution in [0, 0.1) is 0 Å². The van der Waals surface area contributed by atoms with Crippen molar-refractivity contribution >= 4 is 17.6 Å². The number of nitrogens with zero attached hydrogens (tertiary/aromatic N) is 2. The van der Waals surface area contributed by atoms with E-state index in [9.17, 15) is 13.2 Å². The van der Waals surface area contributed by atoms with Gasteiger partial charge in [-0.15, -0.1) is 11.8 Å². The van der Waals surface area contributed by atoms with E-state index >= 15 is 0 Å². The number of amidine groups is 1. The van der Waals surface area contributed by atoms with E-state index in [1.165, 1.54) is 7.11 Å². The van der Waals surface area contributed by atoms with Crippen LogP contribution in [0.4, 0.5) is 13.2 Å². The SMILES string of the molecule is COCCCSc1nc(C(F)(F)F)ccc1C(N)=NO. The fourth-order valence-electron chi connectivity index (χ4n) is 1.33. The van der Waals surface area contributed by atoms with Crippen molar-refractivity contribution in [3.8, 4) is 0 Å². The lowest BCUT2D eigenvalue weighted by Gasteiger charge is -2.11. The first-order chi connectivity index (χ1) is 9.40. The maximum atomic E-state index is 12.6. The van der Waals surface area contributed by atoms with Gasteiger partial charge in [0.05, 0.1) is 5.56 Å². The highest BCUT2D eigenvalue weighted by molar-refractivity contribution is 7.99. The summed E-state index contributed by atoms with van der Waals surface area (Å²) in [7, 11) is 1.54. The second kappa shape index (κ2) is 7.34. The fraction of sp³-hybridized carbons (Fsp3) is 0.455. The van der Waals surface area contributed by atoms with E-state index in [1.807, 2.05) is 0 Å². The number of aromatic nitrogens is 1. The highest BCUT2D eigenvalue weighted by Crippen LogP contribution is 2.31. The van der Waals surface area contributed by atoms with Crippen molar-refractivity contribution in [3.63, 3.8) is 0 Å². The van der Waals surface area contributed by atoms with Crippen LogP contribution in [0.25, 0.3) is 0 Å². The molecule has 0 amide bonds. The first kappa shape index (κ1) is 16.6. The third-order valence-electron chi connectivity index (χ3n) is 2.27. The average molecular weight is 309 g/mol. The summed E-state index contributed by atoms with van der Waals surface area (Å²) in [5, 5.41) is 11.5. The molecule has 0 aliphatic rings. The van der Waals surface area contributed by atoms with Crippen molar-refractivity contribution in [1.82, 2.24) is 4.98 Å². The van der Waals surface area contributed by atoms with Crippen LogP contribution in [0.1, 0.15) is 17.7 Å². The van der Waals surface area contributed by atoms with Crippen LogP contribution in [0.5, 0.6) is 0 Å². The van der Waals surface area contributed by atoms with Gasteiger partial charge in [-0.1, -0.05) is 5.16 Å². The Morgan fingerprint density at radius 2 is 2.20 bits per heavy atom. The van der Waals surface area contributed by atoms with E-state index in [2.05, 4.69) is 10.1 Å². The number of thioether (sulfide) groups is 1. The van der Waals surface area contributed by atoms with Gasteiger partial charge in [-0.05, 0) is 18.6 Å². The molecule has 1 rings (SSSR count). The third-order valence-corrected chi connectivity index (χ3v) is 3.34. The van der Waals surface area contributed by atoms with Gasteiger partial charge in [0.25, 0.3) is 0 Å². The largest absolute Gasteiger partial charge is 0.433 e. The molecule has 112 valence electrons. The highest BCUT2D eigenvalue weighted by Gasteiger charge is 2.33. The Hall–Kier alpha value is -1.48. The Morgan fingerprint density at radius 3 is 2.75 bits per heavy atom. The van der Waals surface area contributed by atoms with Crippen LogP contribution in [-0.2, 0) is 10.9 Å². The molecule has 9 heteroatoms. The Kier molecular flexibility index (Phi) is 6.08. The van der Waals surface area contributed by atoms with Gasteiger partial charge in [0.2, 0.25) is 0 Å². The van der Waals surface area contributed by atoms with Gasteiger partial charge in [0.1, 0.15) is 10.7 Å². The van der Waals surface area contributed by atoms with E-state index in [4.69, 9.17) is 15.7 Å². The Bertz CT molecular complexity index is 480. The Balaban J connectivity index is 3.01. The second-order valence-electron chi connectivity index (χ2n) is 3.73. The molecule has 0 atom stereocenters. The van der Waals surface area contributed by atoms with Gasteiger partial charge in [-0.25, -0.2) is 4.98 Å². The van der Waals surface area contributed by atoms with Crippen LogP contribution in [0.2, 0.25) is 0 Å². The van der Waals surface area contributed by atoms with E-state index in [1.54, 1.807) is 0 Å². The number of pyridine rings is 1. The molecular weight excluding hydrogens is 295 g/mol. The number of oxime groups is 1. The fourth-order valence-corrected chi connectivity index (χ4v) is 2.28. The minimum atomic E-state index is -4.54. The van der Waals surface area contributed by atoms with E-state index < -0.39 is 11.9 Å². The number of rotatable bonds is 6. The topological polar surface area (TPSA) is 80.7 Å². The van der Waals surface area contributed by atoms with Crippen LogP contribution < -0.4 is 5.73 Å². The molecule has 0 aliphatic heterocycles. The lowest BCUT2D eigenvalue weighted by molar-refractivity contribution is -0.141. The maximum Gasteiger partial charge on any atom is 0.433 e. The highest BCUT2D eigenvalue weighted by atomic mass is 32.2. The zero-order chi connectivity index (χ0) is 15.2. The van der Waals surface area contributed by atoms with Crippen molar-refractivity contribution in [2.45, 2.75) is 17.6 Å². The lowest BCUT2D eigenvalue weighted by Crippen LogP contribution is -2.17. The molecule has 0 bridgehead atoms. The minimum Gasteiger partial charge on any atom is -0.409 e. The molecule has 20 heavy (non-hydrogen) atoms. The van der Waals surface area contributed by atoms with E-state index in [-0.39, 0.29) is 16.4 Å². The summed E-state index contributed by atoms with van der Waals surface area (Å²) < 4.78 is 42.7. The molecule has 1 aromatic rings.